The minimum Gasteiger partial charge on any atom is -0.496 e. The Morgan fingerprint density at radius 1 is 1.60 bits per heavy atom. The second-order valence-electron chi connectivity index (χ2n) is 3.04. The summed E-state index contributed by atoms with van der Waals surface area (Å²) in [6, 6.07) is 5.72. The summed E-state index contributed by atoms with van der Waals surface area (Å²) in [5.41, 5.74) is 3.16. The van der Waals surface area contributed by atoms with Gasteiger partial charge in [-0.05, 0) is 40.0 Å². The highest BCUT2D eigenvalue weighted by atomic mass is 79.9. The van der Waals surface area contributed by atoms with Crippen molar-refractivity contribution in [3.8, 4) is 5.75 Å². The maximum atomic E-state index is 10.9. The van der Waals surface area contributed by atoms with Gasteiger partial charge in [-0.15, -0.1) is 0 Å². The number of carbonyl (C=O) groups excluding carboxylic acids is 1. The van der Waals surface area contributed by atoms with Crippen molar-refractivity contribution in [1.82, 2.24) is 5.43 Å². The highest BCUT2D eigenvalue weighted by Gasteiger charge is 2.03. The summed E-state index contributed by atoms with van der Waals surface area (Å²) in [6.07, 6.45) is 1.04. The Bertz CT molecular complexity index is 355. The molecule has 0 fully saturated rings. The number of hydrogen-bond acceptors (Lipinski definition) is 3. The Balaban J connectivity index is 2.63. The van der Waals surface area contributed by atoms with Crippen molar-refractivity contribution >= 4 is 21.8 Å². The van der Waals surface area contributed by atoms with Crippen molar-refractivity contribution in [1.29, 1.82) is 0 Å². The first kappa shape index (κ1) is 12.0. The number of hydrogen-bond donors (Lipinski definition) is 2. The van der Waals surface area contributed by atoms with Gasteiger partial charge in [-0.2, -0.15) is 0 Å². The van der Waals surface area contributed by atoms with E-state index in [1.807, 2.05) is 18.2 Å². The summed E-state index contributed by atoms with van der Waals surface area (Å²) >= 11 is 3.38. The quantitative estimate of drug-likeness (QED) is 0.495. The molecule has 1 aromatic rings. The monoisotopic (exact) mass is 272 g/mol. The standard InChI is InChI=1S/C10H13BrN2O2/c1-15-9-4-2-7(6-8(9)11)3-5-10(14)13-12/h2,4,6H,3,5,12H2,1H3,(H,13,14). The molecule has 0 aliphatic rings. The molecule has 0 spiro atoms. The minimum atomic E-state index is -0.165. The number of nitrogens with one attached hydrogen (secondary N) is 1. The van der Waals surface area contributed by atoms with Crippen molar-refractivity contribution in [2.24, 2.45) is 5.84 Å². The largest absolute Gasteiger partial charge is 0.496 e. The van der Waals surface area contributed by atoms with Gasteiger partial charge in [0.1, 0.15) is 5.75 Å². The van der Waals surface area contributed by atoms with Gasteiger partial charge in [0.05, 0.1) is 11.6 Å². The third kappa shape index (κ3) is 3.53. The lowest BCUT2D eigenvalue weighted by molar-refractivity contribution is -0.121. The minimum absolute atomic E-state index is 0.165. The van der Waals surface area contributed by atoms with Crippen molar-refractivity contribution in [3.63, 3.8) is 0 Å². The molecule has 15 heavy (non-hydrogen) atoms. The Labute approximate surface area is 96.9 Å². The van der Waals surface area contributed by atoms with E-state index in [0.717, 1.165) is 15.8 Å². The molecule has 1 rings (SSSR count). The van der Waals surface area contributed by atoms with Gasteiger partial charge in [-0.1, -0.05) is 6.07 Å². The zero-order valence-corrected chi connectivity index (χ0v) is 10.0. The van der Waals surface area contributed by atoms with Gasteiger partial charge in [-0.25, -0.2) is 5.84 Å². The van der Waals surface area contributed by atoms with E-state index in [2.05, 4.69) is 21.4 Å². The topological polar surface area (TPSA) is 64.3 Å². The highest BCUT2D eigenvalue weighted by molar-refractivity contribution is 9.10. The molecular formula is C10H13BrN2O2. The summed E-state index contributed by atoms with van der Waals surface area (Å²) in [5.74, 6) is 5.60. The van der Waals surface area contributed by atoms with E-state index in [1.54, 1.807) is 7.11 Å². The van der Waals surface area contributed by atoms with Crippen LogP contribution in [-0.4, -0.2) is 13.0 Å². The molecule has 0 bridgehead atoms. The first-order valence-electron chi connectivity index (χ1n) is 4.49. The maximum absolute atomic E-state index is 10.9. The number of halogens is 1. The summed E-state index contributed by atoms with van der Waals surface area (Å²) < 4.78 is 5.99. The molecule has 1 amide bonds. The molecule has 0 radical (unpaired) electrons. The third-order valence-corrected chi connectivity index (χ3v) is 2.64. The van der Waals surface area contributed by atoms with Crippen LogP contribution in [0.5, 0.6) is 5.75 Å². The van der Waals surface area contributed by atoms with Crippen molar-refractivity contribution in [2.45, 2.75) is 12.8 Å². The summed E-state index contributed by atoms with van der Waals surface area (Å²) in [5, 5.41) is 0. The molecule has 4 nitrogen and oxygen atoms in total. The molecule has 82 valence electrons. The van der Waals surface area contributed by atoms with Crippen LogP contribution in [0.4, 0.5) is 0 Å². The van der Waals surface area contributed by atoms with Crippen LogP contribution in [0.25, 0.3) is 0 Å². The van der Waals surface area contributed by atoms with Crippen LogP contribution < -0.4 is 16.0 Å². The normalized spacial score (nSPS) is 9.80. The molecule has 0 unspecified atom stereocenters. The second kappa shape index (κ2) is 5.72. The van der Waals surface area contributed by atoms with E-state index in [1.165, 1.54) is 0 Å². The smallest absolute Gasteiger partial charge is 0.234 e. The molecule has 0 aliphatic carbocycles. The van der Waals surface area contributed by atoms with Gasteiger partial charge >= 0.3 is 0 Å². The number of rotatable bonds is 4. The maximum Gasteiger partial charge on any atom is 0.234 e. The first-order chi connectivity index (χ1) is 7.17. The van der Waals surface area contributed by atoms with Crippen molar-refractivity contribution in [3.05, 3.63) is 28.2 Å². The van der Waals surface area contributed by atoms with Crippen molar-refractivity contribution < 1.29 is 9.53 Å². The molecule has 0 atom stereocenters. The fourth-order valence-corrected chi connectivity index (χ4v) is 1.78. The summed E-state index contributed by atoms with van der Waals surface area (Å²) in [4.78, 5) is 10.9. The first-order valence-corrected chi connectivity index (χ1v) is 5.28. The number of hydrazine groups is 1. The average molecular weight is 273 g/mol. The number of benzene rings is 1. The van der Waals surface area contributed by atoms with E-state index >= 15 is 0 Å². The zero-order chi connectivity index (χ0) is 11.3. The van der Waals surface area contributed by atoms with Gasteiger partial charge in [0, 0.05) is 6.42 Å². The highest BCUT2D eigenvalue weighted by Crippen LogP contribution is 2.25. The van der Waals surface area contributed by atoms with Gasteiger partial charge in [-0.3, -0.25) is 10.2 Å². The molecule has 0 saturated heterocycles. The number of methoxy groups -OCH3 is 1. The molecular weight excluding hydrogens is 260 g/mol. The van der Waals surface area contributed by atoms with Crippen molar-refractivity contribution in [2.75, 3.05) is 7.11 Å². The number of amides is 1. The SMILES string of the molecule is COc1ccc(CCC(=O)NN)cc1Br. The molecule has 0 aromatic heterocycles. The molecule has 1 aromatic carbocycles. The Hall–Kier alpha value is -1.07. The van der Waals surface area contributed by atoms with Crippen LogP contribution in [-0.2, 0) is 11.2 Å². The van der Waals surface area contributed by atoms with E-state index in [4.69, 9.17) is 10.6 Å². The Kier molecular flexibility index (Phi) is 4.58. The fourth-order valence-electron chi connectivity index (χ4n) is 1.20. The lowest BCUT2D eigenvalue weighted by atomic mass is 10.1. The fraction of sp³-hybridized carbons (Fsp3) is 0.300. The van der Waals surface area contributed by atoms with Gasteiger partial charge in [0.15, 0.2) is 0 Å². The number of nitrogens with two attached hydrogens (primary N) is 1. The Morgan fingerprint density at radius 3 is 2.87 bits per heavy atom. The van der Waals surface area contributed by atoms with Crippen LogP contribution in [0.15, 0.2) is 22.7 Å². The van der Waals surface area contributed by atoms with Crippen LogP contribution in [0.3, 0.4) is 0 Å². The predicted molar refractivity (Wildman–Crippen MR) is 61.3 cm³/mol. The molecule has 0 saturated carbocycles. The Morgan fingerprint density at radius 2 is 2.33 bits per heavy atom. The molecule has 0 aliphatic heterocycles. The summed E-state index contributed by atoms with van der Waals surface area (Å²) in [6.45, 7) is 0. The van der Waals surface area contributed by atoms with Gasteiger partial charge in [0.25, 0.3) is 0 Å². The van der Waals surface area contributed by atoms with E-state index in [-0.39, 0.29) is 5.91 Å². The van der Waals surface area contributed by atoms with Crippen LogP contribution in [0, 0.1) is 0 Å². The zero-order valence-electron chi connectivity index (χ0n) is 8.42. The lowest BCUT2D eigenvalue weighted by Crippen LogP contribution is -2.30. The lowest BCUT2D eigenvalue weighted by Gasteiger charge is -2.05. The van der Waals surface area contributed by atoms with Gasteiger partial charge in [0.2, 0.25) is 5.91 Å². The van der Waals surface area contributed by atoms with Gasteiger partial charge < -0.3 is 4.74 Å². The molecule has 0 heterocycles. The van der Waals surface area contributed by atoms with E-state index in [0.29, 0.717) is 12.8 Å². The van der Waals surface area contributed by atoms with Crippen LogP contribution in [0.1, 0.15) is 12.0 Å². The average Bonchev–Trinajstić information content (AvgIpc) is 2.26. The van der Waals surface area contributed by atoms with E-state index in [9.17, 15) is 4.79 Å². The van der Waals surface area contributed by atoms with E-state index < -0.39 is 0 Å². The number of carbonyl (C=O) groups is 1. The molecule has 3 N–H and O–H groups in total. The van der Waals surface area contributed by atoms with Crippen LogP contribution >= 0.6 is 15.9 Å². The second-order valence-corrected chi connectivity index (χ2v) is 3.89. The molecule has 5 heteroatoms. The number of ether oxygens (including phenoxy) is 1. The summed E-state index contributed by atoms with van der Waals surface area (Å²) in [7, 11) is 1.61. The number of aryl methyl sites for hydroxylation is 1. The third-order valence-electron chi connectivity index (χ3n) is 2.02. The van der Waals surface area contributed by atoms with Crippen LogP contribution in [0.2, 0.25) is 0 Å². The predicted octanol–water partition coefficient (Wildman–Crippen LogP) is 1.38.